The van der Waals surface area contributed by atoms with E-state index in [0.29, 0.717) is 5.41 Å². The molecule has 0 radical (unpaired) electrons. The summed E-state index contributed by atoms with van der Waals surface area (Å²) in [7, 11) is 0. The van der Waals surface area contributed by atoms with Crippen LogP contribution in [0, 0.1) is 22.2 Å². The van der Waals surface area contributed by atoms with E-state index < -0.39 is 0 Å². The number of rotatable bonds is 4. The quantitative estimate of drug-likeness (QED) is 0.678. The molecule has 0 spiro atoms. The van der Waals surface area contributed by atoms with Gasteiger partial charge in [0.1, 0.15) is 0 Å². The fourth-order valence-corrected chi connectivity index (χ4v) is 0.904. The zero-order chi connectivity index (χ0) is 10.5. The minimum Gasteiger partial charge on any atom is -0.315 e. The summed E-state index contributed by atoms with van der Waals surface area (Å²) in [4.78, 5) is 0. The van der Waals surface area contributed by atoms with Gasteiger partial charge in [-0.3, -0.25) is 0 Å². The molecule has 0 saturated heterocycles. The lowest BCUT2D eigenvalue weighted by molar-refractivity contribution is 0.350. The molecule has 0 atom stereocenters. The SMILES string of the molecule is CC(C)(C)CCNCC(C)(C)C#N. The maximum Gasteiger partial charge on any atom is 0.0697 e. The summed E-state index contributed by atoms with van der Waals surface area (Å²) >= 11 is 0. The van der Waals surface area contributed by atoms with Gasteiger partial charge in [0, 0.05) is 6.54 Å². The van der Waals surface area contributed by atoms with Crippen LogP contribution in [0.5, 0.6) is 0 Å². The van der Waals surface area contributed by atoms with E-state index in [1.54, 1.807) is 0 Å². The summed E-state index contributed by atoms with van der Waals surface area (Å²) < 4.78 is 0. The average molecular weight is 182 g/mol. The van der Waals surface area contributed by atoms with Crippen molar-refractivity contribution < 1.29 is 0 Å². The van der Waals surface area contributed by atoms with Gasteiger partial charge >= 0.3 is 0 Å². The molecular formula is C11H22N2. The first-order valence-electron chi connectivity index (χ1n) is 4.89. The smallest absolute Gasteiger partial charge is 0.0697 e. The Balaban J connectivity index is 3.54. The van der Waals surface area contributed by atoms with Gasteiger partial charge in [0.2, 0.25) is 0 Å². The van der Waals surface area contributed by atoms with Crippen molar-refractivity contribution in [1.29, 1.82) is 5.26 Å². The third kappa shape index (κ3) is 7.80. The van der Waals surface area contributed by atoms with Crippen molar-refractivity contribution in [2.24, 2.45) is 10.8 Å². The second-order valence-corrected chi connectivity index (χ2v) is 5.48. The molecule has 0 bridgehead atoms. The van der Waals surface area contributed by atoms with Crippen LogP contribution in [0.1, 0.15) is 41.0 Å². The molecule has 76 valence electrons. The van der Waals surface area contributed by atoms with Crippen LogP contribution in [-0.4, -0.2) is 13.1 Å². The first kappa shape index (κ1) is 12.4. The Morgan fingerprint density at radius 3 is 2.08 bits per heavy atom. The summed E-state index contributed by atoms with van der Waals surface area (Å²) in [6.45, 7) is 12.4. The van der Waals surface area contributed by atoms with Crippen LogP contribution in [0.15, 0.2) is 0 Å². The summed E-state index contributed by atoms with van der Waals surface area (Å²) in [5, 5.41) is 12.1. The van der Waals surface area contributed by atoms with E-state index >= 15 is 0 Å². The predicted molar refractivity (Wildman–Crippen MR) is 56.3 cm³/mol. The van der Waals surface area contributed by atoms with Crippen LogP contribution in [0.2, 0.25) is 0 Å². The number of nitriles is 1. The van der Waals surface area contributed by atoms with Gasteiger partial charge in [0.15, 0.2) is 0 Å². The lowest BCUT2D eigenvalue weighted by Gasteiger charge is -2.20. The van der Waals surface area contributed by atoms with Crippen LogP contribution >= 0.6 is 0 Å². The maximum atomic E-state index is 8.76. The highest BCUT2D eigenvalue weighted by Crippen LogP contribution is 2.17. The first-order chi connectivity index (χ1) is 5.77. The van der Waals surface area contributed by atoms with Crippen LogP contribution in [0.4, 0.5) is 0 Å². The molecule has 0 aliphatic rings. The zero-order valence-electron chi connectivity index (χ0n) is 9.57. The Labute approximate surface area is 82.3 Å². The van der Waals surface area contributed by atoms with Gasteiger partial charge in [-0.25, -0.2) is 0 Å². The average Bonchev–Trinajstić information content (AvgIpc) is 1.97. The molecule has 0 aromatic heterocycles. The zero-order valence-corrected chi connectivity index (χ0v) is 9.57. The van der Waals surface area contributed by atoms with Crippen LogP contribution in [-0.2, 0) is 0 Å². The fourth-order valence-electron chi connectivity index (χ4n) is 0.904. The second kappa shape index (κ2) is 4.62. The Kier molecular flexibility index (Phi) is 4.43. The van der Waals surface area contributed by atoms with E-state index in [1.807, 2.05) is 13.8 Å². The van der Waals surface area contributed by atoms with Gasteiger partial charge < -0.3 is 5.32 Å². The second-order valence-electron chi connectivity index (χ2n) is 5.48. The molecule has 1 N–H and O–H groups in total. The molecule has 2 heteroatoms. The molecule has 0 unspecified atom stereocenters. The van der Waals surface area contributed by atoms with E-state index in [-0.39, 0.29) is 5.41 Å². The minimum atomic E-state index is -0.238. The molecule has 0 aromatic rings. The standard InChI is InChI=1S/C11H22N2/c1-10(2,3)6-7-13-9-11(4,5)8-12/h13H,6-7,9H2,1-5H3. The summed E-state index contributed by atoms with van der Waals surface area (Å²) in [6.07, 6.45) is 1.15. The van der Waals surface area contributed by atoms with Crippen LogP contribution in [0.3, 0.4) is 0 Å². The van der Waals surface area contributed by atoms with Gasteiger partial charge in [0.25, 0.3) is 0 Å². The topological polar surface area (TPSA) is 35.8 Å². The highest BCUT2D eigenvalue weighted by atomic mass is 14.9. The first-order valence-corrected chi connectivity index (χ1v) is 4.89. The molecule has 0 saturated carbocycles. The van der Waals surface area contributed by atoms with Crippen molar-refractivity contribution in [3.63, 3.8) is 0 Å². The molecule has 0 rings (SSSR count). The summed E-state index contributed by atoms with van der Waals surface area (Å²) in [5.41, 5.74) is 0.141. The van der Waals surface area contributed by atoms with Crippen molar-refractivity contribution in [3.8, 4) is 6.07 Å². The Morgan fingerprint density at radius 2 is 1.69 bits per heavy atom. The van der Waals surface area contributed by atoms with E-state index in [2.05, 4.69) is 32.2 Å². The lowest BCUT2D eigenvalue weighted by Crippen LogP contribution is -2.30. The van der Waals surface area contributed by atoms with Gasteiger partial charge in [-0.15, -0.1) is 0 Å². The molecule has 0 aliphatic carbocycles. The molecule has 0 fully saturated rings. The van der Waals surface area contributed by atoms with Crippen molar-refractivity contribution in [2.45, 2.75) is 41.0 Å². The Bertz CT molecular complexity index is 181. The number of hydrogen-bond donors (Lipinski definition) is 1. The molecule has 13 heavy (non-hydrogen) atoms. The minimum absolute atomic E-state index is 0.238. The third-order valence-corrected chi connectivity index (χ3v) is 1.92. The molecule has 0 heterocycles. The van der Waals surface area contributed by atoms with E-state index in [9.17, 15) is 0 Å². The van der Waals surface area contributed by atoms with Crippen molar-refractivity contribution in [3.05, 3.63) is 0 Å². The van der Waals surface area contributed by atoms with Crippen molar-refractivity contribution >= 4 is 0 Å². The van der Waals surface area contributed by atoms with Gasteiger partial charge in [-0.2, -0.15) is 5.26 Å². The predicted octanol–water partition coefficient (Wildman–Crippen LogP) is 2.56. The summed E-state index contributed by atoms with van der Waals surface area (Å²) in [6, 6.07) is 2.28. The number of nitrogens with one attached hydrogen (secondary N) is 1. The highest BCUT2D eigenvalue weighted by Gasteiger charge is 2.16. The molecule has 2 nitrogen and oxygen atoms in total. The monoisotopic (exact) mass is 182 g/mol. The fraction of sp³-hybridized carbons (Fsp3) is 0.909. The van der Waals surface area contributed by atoms with E-state index in [1.165, 1.54) is 0 Å². The Hall–Kier alpha value is -0.550. The number of hydrogen-bond acceptors (Lipinski definition) is 2. The molecule has 0 aliphatic heterocycles. The van der Waals surface area contributed by atoms with Crippen molar-refractivity contribution in [2.75, 3.05) is 13.1 Å². The largest absolute Gasteiger partial charge is 0.315 e. The van der Waals surface area contributed by atoms with Gasteiger partial charge in [-0.05, 0) is 32.2 Å². The third-order valence-electron chi connectivity index (χ3n) is 1.92. The van der Waals surface area contributed by atoms with Crippen LogP contribution in [0.25, 0.3) is 0 Å². The number of nitrogens with zero attached hydrogens (tertiary/aromatic N) is 1. The van der Waals surface area contributed by atoms with Crippen molar-refractivity contribution in [1.82, 2.24) is 5.32 Å². The molecular weight excluding hydrogens is 160 g/mol. The van der Waals surface area contributed by atoms with Gasteiger partial charge in [-0.1, -0.05) is 20.8 Å². The lowest BCUT2D eigenvalue weighted by atomic mass is 9.91. The Morgan fingerprint density at radius 1 is 1.15 bits per heavy atom. The molecule has 0 aromatic carbocycles. The van der Waals surface area contributed by atoms with E-state index in [0.717, 1.165) is 19.5 Å². The highest BCUT2D eigenvalue weighted by molar-refractivity contribution is 4.93. The summed E-state index contributed by atoms with van der Waals surface area (Å²) in [5.74, 6) is 0. The van der Waals surface area contributed by atoms with Gasteiger partial charge in [0.05, 0.1) is 11.5 Å². The van der Waals surface area contributed by atoms with E-state index in [4.69, 9.17) is 5.26 Å². The van der Waals surface area contributed by atoms with Crippen LogP contribution < -0.4 is 5.32 Å². The maximum absolute atomic E-state index is 8.76. The molecule has 0 amide bonds. The normalized spacial score (nSPS) is 12.6.